The zero-order valence-electron chi connectivity index (χ0n) is 13.8. The second kappa shape index (κ2) is 7.85. The lowest BCUT2D eigenvalue weighted by molar-refractivity contribution is -0.118. The van der Waals surface area contributed by atoms with E-state index in [2.05, 4.69) is 10.4 Å². The van der Waals surface area contributed by atoms with Gasteiger partial charge in [0.25, 0.3) is 5.91 Å². The summed E-state index contributed by atoms with van der Waals surface area (Å²) in [7, 11) is 0. The number of amides is 1. The molecule has 1 N–H and O–H groups in total. The summed E-state index contributed by atoms with van der Waals surface area (Å²) in [4.78, 5) is 12.0. The Bertz CT molecular complexity index is 846. The third kappa shape index (κ3) is 4.84. The minimum atomic E-state index is -0.214. The number of halogens is 1. The van der Waals surface area contributed by atoms with Gasteiger partial charge in [0.15, 0.2) is 6.61 Å². The molecule has 0 aliphatic heterocycles. The molecule has 0 unspecified atom stereocenters. The summed E-state index contributed by atoms with van der Waals surface area (Å²) < 4.78 is 7.38. The van der Waals surface area contributed by atoms with Gasteiger partial charge in [-0.1, -0.05) is 23.7 Å². The molecular weight excluding hydrogens is 338 g/mol. The molecule has 1 heterocycles. The first kappa shape index (κ1) is 17.0. The molecule has 25 heavy (non-hydrogen) atoms. The fraction of sp³-hybridized carbons (Fsp3) is 0.158. The summed E-state index contributed by atoms with van der Waals surface area (Å²) in [5.74, 6) is 0.434. The fourth-order valence-electron chi connectivity index (χ4n) is 2.39. The number of hydrogen-bond acceptors (Lipinski definition) is 3. The van der Waals surface area contributed by atoms with E-state index < -0.39 is 0 Å². The van der Waals surface area contributed by atoms with Crippen molar-refractivity contribution >= 4 is 23.2 Å². The van der Waals surface area contributed by atoms with E-state index in [-0.39, 0.29) is 12.5 Å². The lowest BCUT2D eigenvalue weighted by Crippen LogP contribution is -2.20. The standard InChI is InChI=1S/C19H18ClN3O2/c1-14-11-16(20)5-8-18(14)25-13-19(24)22-17-6-3-15(4-7-17)12-23-10-2-9-21-23/h2-11H,12-13H2,1H3,(H,22,24). The van der Waals surface area contributed by atoms with E-state index in [1.54, 1.807) is 24.4 Å². The molecule has 0 spiro atoms. The number of aryl methyl sites for hydroxylation is 1. The Morgan fingerprint density at radius 3 is 2.72 bits per heavy atom. The molecule has 0 aliphatic rings. The zero-order chi connectivity index (χ0) is 17.6. The van der Waals surface area contributed by atoms with Crippen molar-refractivity contribution in [1.29, 1.82) is 0 Å². The van der Waals surface area contributed by atoms with Gasteiger partial charge in [-0.05, 0) is 54.4 Å². The Hall–Kier alpha value is -2.79. The molecule has 5 nitrogen and oxygen atoms in total. The molecule has 1 amide bonds. The maximum absolute atomic E-state index is 12.0. The minimum absolute atomic E-state index is 0.0580. The van der Waals surface area contributed by atoms with Gasteiger partial charge >= 0.3 is 0 Å². The third-order valence-corrected chi connectivity index (χ3v) is 3.87. The molecule has 0 fully saturated rings. The molecule has 6 heteroatoms. The van der Waals surface area contributed by atoms with E-state index in [4.69, 9.17) is 16.3 Å². The van der Waals surface area contributed by atoms with Gasteiger partial charge in [-0.15, -0.1) is 0 Å². The van der Waals surface area contributed by atoms with Crippen molar-refractivity contribution in [2.24, 2.45) is 0 Å². The molecule has 0 aliphatic carbocycles. The maximum atomic E-state index is 12.0. The molecule has 128 valence electrons. The van der Waals surface area contributed by atoms with E-state index in [1.165, 1.54) is 0 Å². The van der Waals surface area contributed by atoms with Crippen molar-refractivity contribution in [2.75, 3.05) is 11.9 Å². The highest BCUT2D eigenvalue weighted by atomic mass is 35.5. The van der Waals surface area contributed by atoms with Crippen LogP contribution in [0, 0.1) is 6.92 Å². The van der Waals surface area contributed by atoms with Crippen LogP contribution in [0.25, 0.3) is 0 Å². The number of nitrogens with zero attached hydrogens (tertiary/aromatic N) is 2. The number of rotatable bonds is 6. The molecule has 0 bridgehead atoms. The van der Waals surface area contributed by atoms with Gasteiger partial charge in [0.2, 0.25) is 0 Å². The molecule has 3 rings (SSSR count). The number of ether oxygens (including phenoxy) is 1. The van der Waals surface area contributed by atoms with Crippen molar-refractivity contribution in [3.63, 3.8) is 0 Å². The first-order chi connectivity index (χ1) is 12.1. The quantitative estimate of drug-likeness (QED) is 0.729. The summed E-state index contributed by atoms with van der Waals surface area (Å²) in [6.07, 6.45) is 3.66. The molecule has 1 aromatic heterocycles. The summed E-state index contributed by atoms with van der Waals surface area (Å²) in [6.45, 7) is 2.52. The Balaban J connectivity index is 1.52. The topological polar surface area (TPSA) is 56.1 Å². The monoisotopic (exact) mass is 355 g/mol. The minimum Gasteiger partial charge on any atom is -0.483 e. The van der Waals surface area contributed by atoms with Gasteiger partial charge in [-0.25, -0.2) is 0 Å². The van der Waals surface area contributed by atoms with Gasteiger partial charge < -0.3 is 10.1 Å². The maximum Gasteiger partial charge on any atom is 0.262 e. The lowest BCUT2D eigenvalue weighted by Gasteiger charge is -2.10. The molecule has 2 aromatic carbocycles. The first-order valence-electron chi connectivity index (χ1n) is 7.85. The number of anilines is 1. The summed E-state index contributed by atoms with van der Waals surface area (Å²) in [5.41, 5.74) is 2.73. The van der Waals surface area contributed by atoms with Crippen LogP contribution in [-0.2, 0) is 11.3 Å². The van der Waals surface area contributed by atoms with Crippen LogP contribution in [0.2, 0.25) is 5.02 Å². The van der Waals surface area contributed by atoms with Crippen LogP contribution < -0.4 is 10.1 Å². The van der Waals surface area contributed by atoms with E-state index >= 15 is 0 Å². The van der Waals surface area contributed by atoms with Crippen LogP contribution in [-0.4, -0.2) is 22.3 Å². The van der Waals surface area contributed by atoms with Gasteiger partial charge in [0.1, 0.15) is 5.75 Å². The van der Waals surface area contributed by atoms with Crippen molar-refractivity contribution in [3.05, 3.63) is 77.1 Å². The summed E-state index contributed by atoms with van der Waals surface area (Å²) in [5, 5.41) is 7.63. The van der Waals surface area contributed by atoms with Crippen molar-refractivity contribution in [3.8, 4) is 5.75 Å². The highest BCUT2D eigenvalue weighted by Crippen LogP contribution is 2.21. The van der Waals surface area contributed by atoms with Crippen molar-refractivity contribution in [2.45, 2.75) is 13.5 Å². The van der Waals surface area contributed by atoms with E-state index in [0.29, 0.717) is 17.3 Å². The second-order valence-corrected chi connectivity index (χ2v) is 6.08. The van der Waals surface area contributed by atoms with Crippen LogP contribution in [0.4, 0.5) is 5.69 Å². The number of benzene rings is 2. The Kier molecular flexibility index (Phi) is 5.36. The Labute approximate surface area is 151 Å². The van der Waals surface area contributed by atoms with Crippen LogP contribution in [0.15, 0.2) is 60.9 Å². The average Bonchev–Trinajstić information content (AvgIpc) is 3.09. The van der Waals surface area contributed by atoms with E-state index in [9.17, 15) is 4.79 Å². The number of carbonyl (C=O) groups is 1. The smallest absolute Gasteiger partial charge is 0.262 e. The molecular formula is C19H18ClN3O2. The second-order valence-electron chi connectivity index (χ2n) is 5.65. The number of aromatic nitrogens is 2. The number of hydrogen-bond donors (Lipinski definition) is 1. The highest BCUT2D eigenvalue weighted by molar-refractivity contribution is 6.30. The Morgan fingerprint density at radius 1 is 1.24 bits per heavy atom. The normalized spacial score (nSPS) is 10.5. The van der Waals surface area contributed by atoms with Crippen LogP contribution >= 0.6 is 11.6 Å². The molecule has 0 saturated heterocycles. The van der Waals surface area contributed by atoms with E-state index in [0.717, 1.165) is 16.8 Å². The first-order valence-corrected chi connectivity index (χ1v) is 8.23. The molecule has 3 aromatic rings. The van der Waals surface area contributed by atoms with Crippen LogP contribution in [0.1, 0.15) is 11.1 Å². The predicted octanol–water partition coefficient (Wildman–Crippen LogP) is 3.91. The Morgan fingerprint density at radius 2 is 2.04 bits per heavy atom. The third-order valence-electron chi connectivity index (χ3n) is 3.64. The van der Waals surface area contributed by atoms with Gasteiger partial charge in [-0.3, -0.25) is 9.48 Å². The molecule has 0 radical (unpaired) electrons. The predicted molar refractivity (Wildman–Crippen MR) is 98.1 cm³/mol. The lowest BCUT2D eigenvalue weighted by atomic mass is 10.2. The number of nitrogens with one attached hydrogen (secondary N) is 1. The van der Waals surface area contributed by atoms with Crippen molar-refractivity contribution in [1.82, 2.24) is 9.78 Å². The zero-order valence-corrected chi connectivity index (χ0v) is 14.5. The van der Waals surface area contributed by atoms with Gasteiger partial charge in [0, 0.05) is 23.1 Å². The molecule has 0 saturated carbocycles. The van der Waals surface area contributed by atoms with Gasteiger partial charge in [-0.2, -0.15) is 5.10 Å². The van der Waals surface area contributed by atoms with E-state index in [1.807, 2.05) is 48.1 Å². The van der Waals surface area contributed by atoms with Gasteiger partial charge in [0.05, 0.1) is 6.54 Å². The average molecular weight is 356 g/mol. The van der Waals surface area contributed by atoms with Crippen LogP contribution in [0.3, 0.4) is 0 Å². The van der Waals surface area contributed by atoms with Crippen LogP contribution in [0.5, 0.6) is 5.75 Å². The highest BCUT2D eigenvalue weighted by Gasteiger charge is 2.06. The fourth-order valence-corrected chi connectivity index (χ4v) is 2.62. The SMILES string of the molecule is Cc1cc(Cl)ccc1OCC(=O)Nc1ccc(Cn2cccn2)cc1. The largest absolute Gasteiger partial charge is 0.483 e. The number of carbonyl (C=O) groups excluding carboxylic acids is 1. The summed E-state index contributed by atoms with van der Waals surface area (Å²) in [6, 6.07) is 14.8. The summed E-state index contributed by atoms with van der Waals surface area (Å²) >= 11 is 5.90. The van der Waals surface area contributed by atoms with Crippen molar-refractivity contribution < 1.29 is 9.53 Å². The molecule has 0 atom stereocenters.